The summed E-state index contributed by atoms with van der Waals surface area (Å²) in [5, 5.41) is 5.20. The molecule has 3 nitrogen and oxygen atoms in total. The second-order valence-electron chi connectivity index (χ2n) is 6.00. The van der Waals surface area contributed by atoms with Crippen molar-refractivity contribution in [2.45, 2.75) is 52.2 Å². The van der Waals surface area contributed by atoms with E-state index in [4.69, 9.17) is 0 Å². The molecule has 1 aliphatic rings. The van der Waals surface area contributed by atoms with Gasteiger partial charge >= 0.3 is 0 Å². The molecule has 0 aliphatic carbocycles. The summed E-state index contributed by atoms with van der Waals surface area (Å²) >= 11 is 1.83. The van der Waals surface area contributed by atoms with E-state index in [0.29, 0.717) is 0 Å². The third-order valence-corrected chi connectivity index (χ3v) is 4.29. The van der Waals surface area contributed by atoms with Crippen LogP contribution in [0.15, 0.2) is 11.4 Å². The van der Waals surface area contributed by atoms with Crippen LogP contribution in [-0.4, -0.2) is 28.9 Å². The molecule has 18 heavy (non-hydrogen) atoms. The Balaban J connectivity index is 1.99. The Morgan fingerprint density at radius 2 is 2.22 bits per heavy atom. The monoisotopic (exact) mass is 266 g/mol. The predicted octanol–water partition coefficient (Wildman–Crippen LogP) is 2.41. The zero-order valence-electron chi connectivity index (χ0n) is 11.6. The Hall–Kier alpha value is -0.870. The molecule has 0 spiro atoms. The van der Waals surface area contributed by atoms with Crippen molar-refractivity contribution in [3.63, 3.8) is 0 Å². The zero-order chi connectivity index (χ0) is 13.3. The molecule has 0 bridgehead atoms. The van der Waals surface area contributed by atoms with Gasteiger partial charge < -0.3 is 5.32 Å². The average Bonchev–Trinajstić information content (AvgIpc) is 2.72. The molecule has 0 radical (unpaired) electrons. The molecule has 1 N–H and O–H groups in total. The number of amides is 1. The molecule has 100 valence electrons. The molecule has 0 saturated carbocycles. The van der Waals surface area contributed by atoms with Crippen molar-refractivity contribution in [2.24, 2.45) is 0 Å². The number of hydrogen-bond acceptors (Lipinski definition) is 3. The zero-order valence-corrected chi connectivity index (χ0v) is 12.4. The van der Waals surface area contributed by atoms with Crippen LogP contribution in [0, 0.1) is 0 Å². The lowest BCUT2D eigenvalue weighted by Crippen LogP contribution is -2.51. The van der Waals surface area contributed by atoms with Gasteiger partial charge in [0.05, 0.1) is 6.04 Å². The first-order valence-electron chi connectivity index (χ1n) is 6.48. The molecule has 2 heterocycles. The first kappa shape index (κ1) is 13.6. The average molecular weight is 266 g/mol. The maximum atomic E-state index is 12.2. The summed E-state index contributed by atoms with van der Waals surface area (Å²) in [6, 6.07) is 2.12. The summed E-state index contributed by atoms with van der Waals surface area (Å²) in [5.74, 6) is 0.126. The Kier molecular flexibility index (Phi) is 3.78. The Morgan fingerprint density at radius 3 is 2.89 bits per heavy atom. The van der Waals surface area contributed by atoms with Gasteiger partial charge in [0, 0.05) is 23.5 Å². The third kappa shape index (κ3) is 3.12. The van der Waals surface area contributed by atoms with Crippen LogP contribution < -0.4 is 5.32 Å². The highest BCUT2D eigenvalue weighted by Crippen LogP contribution is 2.25. The van der Waals surface area contributed by atoms with Gasteiger partial charge in [-0.1, -0.05) is 0 Å². The summed E-state index contributed by atoms with van der Waals surface area (Å²) in [6.45, 7) is 9.93. The maximum Gasteiger partial charge on any atom is 0.237 e. The fourth-order valence-corrected chi connectivity index (χ4v) is 3.13. The van der Waals surface area contributed by atoms with E-state index in [1.54, 1.807) is 0 Å². The van der Waals surface area contributed by atoms with Gasteiger partial charge in [-0.05, 0) is 51.1 Å². The number of nitrogens with zero attached hydrogens (tertiary/aromatic N) is 1. The van der Waals surface area contributed by atoms with Crippen LogP contribution in [0.25, 0.3) is 0 Å². The topological polar surface area (TPSA) is 32.3 Å². The molecule has 1 aromatic rings. The maximum absolute atomic E-state index is 12.2. The molecule has 0 fully saturated rings. The minimum atomic E-state index is -0.158. The quantitative estimate of drug-likeness (QED) is 0.891. The molecular weight excluding hydrogens is 244 g/mol. The number of hydrogen-bond donors (Lipinski definition) is 1. The van der Waals surface area contributed by atoms with Crippen LogP contribution in [0.1, 0.15) is 38.1 Å². The molecule has 2 rings (SSSR count). The van der Waals surface area contributed by atoms with E-state index in [9.17, 15) is 4.79 Å². The molecule has 1 atom stereocenters. The molecule has 0 saturated heterocycles. The minimum absolute atomic E-state index is 0.0581. The van der Waals surface area contributed by atoms with E-state index in [1.807, 2.05) is 39.0 Å². The Bertz CT molecular complexity index is 433. The fourth-order valence-electron chi connectivity index (χ4n) is 2.24. The van der Waals surface area contributed by atoms with E-state index in [0.717, 1.165) is 19.5 Å². The first-order valence-corrected chi connectivity index (χ1v) is 7.36. The van der Waals surface area contributed by atoms with Crippen molar-refractivity contribution in [2.75, 3.05) is 6.54 Å². The van der Waals surface area contributed by atoms with E-state index in [1.165, 1.54) is 10.4 Å². The summed E-state index contributed by atoms with van der Waals surface area (Å²) in [4.78, 5) is 15.9. The van der Waals surface area contributed by atoms with Crippen molar-refractivity contribution >= 4 is 17.2 Å². The van der Waals surface area contributed by atoms with Crippen LogP contribution in [0.3, 0.4) is 0 Å². The SMILES string of the molecule is CC(C(=O)NC(C)(C)C)N1CCc2sccc2C1. The van der Waals surface area contributed by atoms with Crippen LogP contribution >= 0.6 is 11.3 Å². The van der Waals surface area contributed by atoms with Crippen molar-refractivity contribution < 1.29 is 4.79 Å². The summed E-state index contributed by atoms with van der Waals surface area (Å²) in [6.07, 6.45) is 1.07. The number of carbonyl (C=O) groups excluding carboxylic acids is 1. The molecule has 1 unspecified atom stereocenters. The second kappa shape index (κ2) is 5.02. The highest BCUT2D eigenvalue weighted by Gasteiger charge is 2.27. The van der Waals surface area contributed by atoms with Gasteiger partial charge in [-0.25, -0.2) is 0 Å². The van der Waals surface area contributed by atoms with Crippen molar-refractivity contribution in [1.29, 1.82) is 0 Å². The van der Waals surface area contributed by atoms with Gasteiger partial charge in [-0.2, -0.15) is 0 Å². The molecule has 1 amide bonds. The van der Waals surface area contributed by atoms with Gasteiger partial charge in [0.15, 0.2) is 0 Å². The number of nitrogens with one attached hydrogen (secondary N) is 1. The minimum Gasteiger partial charge on any atom is -0.350 e. The largest absolute Gasteiger partial charge is 0.350 e. The van der Waals surface area contributed by atoms with E-state index < -0.39 is 0 Å². The van der Waals surface area contributed by atoms with Crippen molar-refractivity contribution in [1.82, 2.24) is 10.2 Å². The van der Waals surface area contributed by atoms with Crippen LogP contribution in [0.2, 0.25) is 0 Å². The van der Waals surface area contributed by atoms with Crippen LogP contribution in [0.4, 0.5) is 0 Å². The predicted molar refractivity (Wildman–Crippen MR) is 75.8 cm³/mol. The van der Waals surface area contributed by atoms with Crippen LogP contribution in [-0.2, 0) is 17.8 Å². The van der Waals surface area contributed by atoms with Gasteiger partial charge in [0.1, 0.15) is 0 Å². The van der Waals surface area contributed by atoms with Gasteiger partial charge in [-0.15, -0.1) is 11.3 Å². The third-order valence-electron chi connectivity index (χ3n) is 3.26. The summed E-state index contributed by atoms with van der Waals surface area (Å²) in [7, 11) is 0. The second-order valence-corrected chi connectivity index (χ2v) is 7.01. The summed E-state index contributed by atoms with van der Waals surface area (Å²) in [5.41, 5.74) is 1.23. The van der Waals surface area contributed by atoms with Crippen molar-refractivity contribution in [3.8, 4) is 0 Å². The first-order chi connectivity index (χ1) is 8.37. The molecular formula is C14H22N2OS. The molecule has 4 heteroatoms. The highest BCUT2D eigenvalue weighted by molar-refractivity contribution is 7.10. The molecule has 0 aromatic carbocycles. The highest BCUT2D eigenvalue weighted by atomic mass is 32.1. The molecule has 1 aliphatic heterocycles. The van der Waals surface area contributed by atoms with E-state index in [-0.39, 0.29) is 17.5 Å². The number of carbonyl (C=O) groups is 1. The van der Waals surface area contributed by atoms with Crippen molar-refractivity contribution in [3.05, 3.63) is 21.9 Å². The van der Waals surface area contributed by atoms with Gasteiger partial charge in [-0.3, -0.25) is 9.69 Å². The van der Waals surface area contributed by atoms with E-state index >= 15 is 0 Å². The lowest BCUT2D eigenvalue weighted by Gasteiger charge is -2.33. The van der Waals surface area contributed by atoms with Gasteiger partial charge in [0.2, 0.25) is 5.91 Å². The van der Waals surface area contributed by atoms with Gasteiger partial charge in [0.25, 0.3) is 0 Å². The standard InChI is InChI=1S/C14H22N2OS/c1-10(13(17)15-14(2,3)4)16-7-5-12-11(9-16)6-8-18-12/h6,8,10H,5,7,9H2,1-4H3,(H,15,17). The lowest BCUT2D eigenvalue weighted by molar-refractivity contribution is -0.127. The smallest absolute Gasteiger partial charge is 0.237 e. The molecule has 1 aromatic heterocycles. The lowest BCUT2D eigenvalue weighted by atomic mass is 10.1. The number of rotatable bonds is 2. The Labute approximate surface area is 113 Å². The number of thiophene rings is 1. The summed E-state index contributed by atoms with van der Waals surface area (Å²) < 4.78 is 0. The fraction of sp³-hybridized carbons (Fsp3) is 0.643. The normalized spacial score (nSPS) is 18.2. The number of fused-ring (bicyclic) bond motifs is 1. The van der Waals surface area contributed by atoms with E-state index in [2.05, 4.69) is 21.7 Å². The van der Waals surface area contributed by atoms with Crippen LogP contribution in [0.5, 0.6) is 0 Å². The Morgan fingerprint density at radius 1 is 1.50 bits per heavy atom.